The molecule has 4 heteroatoms. The molecule has 0 aliphatic carbocycles. The first-order valence-electron chi connectivity index (χ1n) is 7.81. The molecule has 0 bridgehead atoms. The van der Waals surface area contributed by atoms with E-state index in [1.54, 1.807) is 0 Å². The Hall–Kier alpha value is -2.20. The number of pyridine rings is 1. The number of nitrogens with zero attached hydrogens (tertiary/aromatic N) is 3. The fraction of sp³-hybridized carbons (Fsp3) is 0.333. The molecule has 112 valence electrons. The van der Waals surface area contributed by atoms with Crippen molar-refractivity contribution in [1.82, 2.24) is 14.5 Å². The van der Waals surface area contributed by atoms with Crippen molar-refractivity contribution in [3.8, 4) is 0 Å². The summed E-state index contributed by atoms with van der Waals surface area (Å²) in [7, 11) is 0. The zero-order valence-electron chi connectivity index (χ0n) is 12.7. The lowest BCUT2D eigenvalue weighted by Gasteiger charge is -2.16. The number of aromatic nitrogens is 3. The van der Waals surface area contributed by atoms with Gasteiger partial charge in [0.2, 0.25) is 0 Å². The van der Waals surface area contributed by atoms with Gasteiger partial charge in [0.1, 0.15) is 17.6 Å². The van der Waals surface area contributed by atoms with Gasteiger partial charge in [0.05, 0.1) is 0 Å². The van der Waals surface area contributed by atoms with E-state index in [2.05, 4.69) is 40.7 Å². The molecule has 0 saturated carbocycles. The highest BCUT2D eigenvalue weighted by Gasteiger charge is 2.24. The summed E-state index contributed by atoms with van der Waals surface area (Å²) < 4.78 is 8.09. The number of ether oxygens (including phenoxy) is 1. The van der Waals surface area contributed by atoms with Gasteiger partial charge in [-0.2, -0.15) is 0 Å². The molecule has 3 heterocycles. The van der Waals surface area contributed by atoms with Crippen LogP contribution in [0.15, 0.2) is 42.6 Å². The molecule has 1 unspecified atom stereocenters. The third kappa shape index (κ3) is 2.29. The van der Waals surface area contributed by atoms with E-state index in [1.165, 1.54) is 11.1 Å². The summed E-state index contributed by atoms with van der Waals surface area (Å²) in [5.74, 6) is 1.04. The van der Waals surface area contributed by atoms with Crippen LogP contribution < -0.4 is 0 Å². The molecule has 0 amide bonds. The van der Waals surface area contributed by atoms with Gasteiger partial charge < -0.3 is 4.74 Å². The summed E-state index contributed by atoms with van der Waals surface area (Å²) in [6.07, 6.45) is 4.83. The molecule has 1 atom stereocenters. The van der Waals surface area contributed by atoms with Crippen molar-refractivity contribution in [2.75, 3.05) is 6.61 Å². The molecule has 1 aliphatic rings. The van der Waals surface area contributed by atoms with E-state index in [-0.39, 0.29) is 6.23 Å². The highest BCUT2D eigenvalue weighted by molar-refractivity contribution is 5.71. The van der Waals surface area contributed by atoms with Gasteiger partial charge in [0.25, 0.3) is 0 Å². The van der Waals surface area contributed by atoms with E-state index in [0.717, 1.165) is 42.9 Å². The molecule has 0 radical (unpaired) electrons. The predicted octanol–water partition coefficient (Wildman–Crippen LogP) is 3.64. The van der Waals surface area contributed by atoms with Crippen LogP contribution in [0.2, 0.25) is 0 Å². The largest absolute Gasteiger partial charge is 0.358 e. The first kappa shape index (κ1) is 13.5. The SMILES string of the molecule is Cc1ccccc1Cc1nc2cccnc2n1C1CCCO1. The second kappa shape index (κ2) is 5.54. The van der Waals surface area contributed by atoms with Gasteiger partial charge in [-0.3, -0.25) is 4.57 Å². The number of rotatable bonds is 3. The Morgan fingerprint density at radius 1 is 1.23 bits per heavy atom. The Morgan fingerprint density at radius 2 is 2.14 bits per heavy atom. The monoisotopic (exact) mass is 293 g/mol. The fourth-order valence-corrected chi connectivity index (χ4v) is 3.15. The molecule has 1 fully saturated rings. The van der Waals surface area contributed by atoms with Gasteiger partial charge in [0.15, 0.2) is 5.65 Å². The zero-order chi connectivity index (χ0) is 14.9. The van der Waals surface area contributed by atoms with Crippen LogP contribution in [0.3, 0.4) is 0 Å². The van der Waals surface area contributed by atoms with Crippen LogP contribution in [0.1, 0.15) is 36.0 Å². The van der Waals surface area contributed by atoms with Gasteiger partial charge in [-0.15, -0.1) is 0 Å². The van der Waals surface area contributed by atoms with Gasteiger partial charge in [-0.1, -0.05) is 24.3 Å². The number of fused-ring (bicyclic) bond motifs is 1. The Morgan fingerprint density at radius 3 is 2.95 bits per heavy atom. The molecule has 22 heavy (non-hydrogen) atoms. The van der Waals surface area contributed by atoms with Gasteiger partial charge in [0, 0.05) is 19.2 Å². The van der Waals surface area contributed by atoms with E-state index >= 15 is 0 Å². The fourth-order valence-electron chi connectivity index (χ4n) is 3.15. The van der Waals surface area contributed by atoms with Crippen molar-refractivity contribution < 1.29 is 4.74 Å². The van der Waals surface area contributed by atoms with E-state index in [4.69, 9.17) is 9.72 Å². The van der Waals surface area contributed by atoms with Crippen molar-refractivity contribution in [3.05, 3.63) is 59.5 Å². The summed E-state index contributed by atoms with van der Waals surface area (Å²) in [4.78, 5) is 9.35. The topological polar surface area (TPSA) is 39.9 Å². The third-order valence-electron chi connectivity index (χ3n) is 4.33. The van der Waals surface area contributed by atoms with Crippen LogP contribution in [-0.2, 0) is 11.2 Å². The lowest BCUT2D eigenvalue weighted by Crippen LogP contribution is -2.12. The van der Waals surface area contributed by atoms with Gasteiger partial charge in [-0.05, 0) is 43.0 Å². The smallest absolute Gasteiger partial charge is 0.162 e. The summed E-state index contributed by atoms with van der Waals surface area (Å²) >= 11 is 0. The molecule has 1 aromatic carbocycles. The highest BCUT2D eigenvalue weighted by Crippen LogP contribution is 2.29. The molecule has 2 aromatic heterocycles. The first-order chi connectivity index (χ1) is 10.8. The average Bonchev–Trinajstić information content (AvgIpc) is 3.16. The second-order valence-electron chi connectivity index (χ2n) is 5.82. The minimum absolute atomic E-state index is 0.0684. The molecule has 1 saturated heterocycles. The lowest BCUT2D eigenvalue weighted by molar-refractivity contribution is 0.0573. The Balaban J connectivity index is 1.82. The Kier molecular flexibility index (Phi) is 3.39. The van der Waals surface area contributed by atoms with Crippen LogP contribution in [-0.4, -0.2) is 21.1 Å². The summed E-state index contributed by atoms with van der Waals surface area (Å²) in [5, 5.41) is 0. The van der Waals surface area contributed by atoms with Gasteiger partial charge >= 0.3 is 0 Å². The number of hydrogen-bond donors (Lipinski definition) is 0. The molecule has 1 aliphatic heterocycles. The van der Waals surface area contributed by atoms with E-state index in [9.17, 15) is 0 Å². The van der Waals surface area contributed by atoms with Crippen LogP contribution in [0.5, 0.6) is 0 Å². The van der Waals surface area contributed by atoms with E-state index in [0.29, 0.717) is 0 Å². The van der Waals surface area contributed by atoms with Crippen LogP contribution in [0.4, 0.5) is 0 Å². The number of imidazole rings is 1. The summed E-state index contributed by atoms with van der Waals surface area (Å²) in [5.41, 5.74) is 4.47. The first-order valence-corrected chi connectivity index (χ1v) is 7.81. The van der Waals surface area contributed by atoms with Gasteiger partial charge in [-0.25, -0.2) is 9.97 Å². The van der Waals surface area contributed by atoms with Crippen molar-refractivity contribution >= 4 is 11.2 Å². The second-order valence-corrected chi connectivity index (χ2v) is 5.82. The lowest BCUT2D eigenvalue weighted by atomic mass is 10.1. The Bertz CT molecular complexity index is 803. The molecule has 0 N–H and O–H groups in total. The Labute approximate surface area is 129 Å². The average molecular weight is 293 g/mol. The van der Waals surface area contributed by atoms with Crippen molar-refractivity contribution in [2.45, 2.75) is 32.4 Å². The highest BCUT2D eigenvalue weighted by atomic mass is 16.5. The number of hydrogen-bond acceptors (Lipinski definition) is 3. The van der Waals surface area contributed by atoms with Crippen molar-refractivity contribution in [2.24, 2.45) is 0 Å². The standard InChI is InChI=1S/C18H19N3O/c1-13-6-2-3-7-14(13)12-16-20-15-8-4-10-19-18(15)21(16)17-9-5-11-22-17/h2-4,6-8,10,17H,5,9,11-12H2,1H3. The predicted molar refractivity (Wildman–Crippen MR) is 85.7 cm³/mol. The normalized spacial score (nSPS) is 18.1. The van der Waals surface area contributed by atoms with E-state index < -0.39 is 0 Å². The van der Waals surface area contributed by atoms with Crippen molar-refractivity contribution in [3.63, 3.8) is 0 Å². The molecule has 4 nitrogen and oxygen atoms in total. The quantitative estimate of drug-likeness (QED) is 0.740. The molecular formula is C18H19N3O. The summed E-state index contributed by atoms with van der Waals surface area (Å²) in [6, 6.07) is 12.4. The maximum Gasteiger partial charge on any atom is 0.162 e. The minimum Gasteiger partial charge on any atom is -0.358 e. The summed E-state index contributed by atoms with van der Waals surface area (Å²) in [6.45, 7) is 2.97. The van der Waals surface area contributed by atoms with Crippen LogP contribution in [0, 0.1) is 6.92 Å². The zero-order valence-corrected chi connectivity index (χ0v) is 12.7. The maximum atomic E-state index is 5.90. The van der Waals surface area contributed by atoms with Crippen LogP contribution >= 0.6 is 0 Å². The maximum absolute atomic E-state index is 5.90. The van der Waals surface area contributed by atoms with E-state index in [1.807, 2.05) is 18.3 Å². The van der Waals surface area contributed by atoms with Crippen LogP contribution in [0.25, 0.3) is 11.2 Å². The molecule has 3 aromatic rings. The molecular weight excluding hydrogens is 274 g/mol. The number of aryl methyl sites for hydroxylation is 1. The van der Waals surface area contributed by atoms with Crippen molar-refractivity contribution in [1.29, 1.82) is 0 Å². The third-order valence-corrected chi connectivity index (χ3v) is 4.33. The minimum atomic E-state index is 0.0684. The number of benzene rings is 1. The molecule has 0 spiro atoms. The molecule has 4 rings (SSSR count).